The molecule has 15 nitrogen and oxygen atoms in total. The van der Waals surface area contributed by atoms with E-state index in [1.165, 1.54) is 25.2 Å². The van der Waals surface area contributed by atoms with Gasteiger partial charge in [0.05, 0.1) is 24.0 Å². The van der Waals surface area contributed by atoms with Crippen LogP contribution in [0.3, 0.4) is 0 Å². The van der Waals surface area contributed by atoms with E-state index in [4.69, 9.17) is 17.3 Å². The third-order valence-electron chi connectivity index (χ3n) is 9.93. The topological polar surface area (TPSA) is 221 Å². The predicted molar refractivity (Wildman–Crippen MR) is 237 cm³/mol. The van der Waals surface area contributed by atoms with Crippen LogP contribution in [0.4, 0.5) is 10.5 Å². The average molecular weight is 875 g/mol. The number of hydrogen-bond donors (Lipinski definition) is 7. The van der Waals surface area contributed by atoms with Crippen molar-refractivity contribution in [2.45, 2.75) is 71.4 Å². The summed E-state index contributed by atoms with van der Waals surface area (Å²) >= 11 is 6.16. The van der Waals surface area contributed by atoms with Gasteiger partial charge in [-0.3, -0.25) is 23.5 Å². The van der Waals surface area contributed by atoms with Crippen molar-refractivity contribution in [3.63, 3.8) is 0 Å². The lowest BCUT2D eigenvalue weighted by Crippen LogP contribution is -2.55. The summed E-state index contributed by atoms with van der Waals surface area (Å²) in [7, 11) is -2.44. The Morgan fingerprint density at radius 3 is 1.85 bits per heavy atom. The van der Waals surface area contributed by atoms with Crippen molar-refractivity contribution in [1.82, 2.24) is 31.9 Å². The molecule has 0 aliphatic carbocycles. The number of sulfonamides is 1. The van der Waals surface area contributed by atoms with Crippen molar-refractivity contribution in [1.29, 1.82) is 0 Å². The number of hydrogen-bond acceptors (Lipinski definition) is 8. The molecule has 0 saturated heterocycles. The molecule has 0 fully saturated rings. The van der Waals surface area contributed by atoms with Gasteiger partial charge < -0.3 is 37.6 Å². The SMILES string of the molecule is CC(C)[C@H](NC(=O)[C@H](C)NC[C@H](Cc1ccccc1)NC(=O)c1cc(C(=O)N[C@H](C)c2cccc(Cl)c2)cc(N(C)S(C)(=O)=O)c1)C(=O)NCc1ccc(CNC(N)=O)cc1. The summed E-state index contributed by atoms with van der Waals surface area (Å²) in [5, 5.41) is 17.8. The van der Waals surface area contributed by atoms with Gasteiger partial charge in [-0.25, -0.2) is 13.2 Å². The maximum Gasteiger partial charge on any atom is 0.312 e. The summed E-state index contributed by atoms with van der Waals surface area (Å²) in [6.45, 7) is 7.71. The molecule has 6 amide bonds. The third-order valence-corrected chi connectivity index (χ3v) is 11.4. The molecule has 326 valence electrons. The lowest BCUT2D eigenvalue weighted by atomic mass is 10.0. The number of anilines is 1. The van der Waals surface area contributed by atoms with Gasteiger partial charge in [-0.2, -0.15) is 0 Å². The molecule has 0 aliphatic rings. The van der Waals surface area contributed by atoms with Crippen LogP contribution in [-0.2, 0) is 39.1 Å². The number of urea groups is 1. The zero-order valence-corrected chi connectivity index (χ0v) is 36.7. The molecule has 0 spiro atoms. The normalized spacial score (nSPS) is 13.2. The van der Waals surface area contributed by atoms with Gasteiger partial charge in [0, 0.05) is 48.9 Å². The van der Waals surface area contributed by atoms with Crippen LogP contribution in [0.15, 0.2) is 97.1 Å². The van der Waals surface area contributed by atoms with Crippen LogP contribution in [0, 0.1) is 5.92 Å². The number of nitrogens with zero attached hydrogens (tertiary/aromatic N) is 1. The Bertz CT molecular complexity index is 2280. The van der Waals surface area contributed by atoms with E-state index >= 15 is 0 Å². The number of primary amides is 1. The van der Waals surface area contributed by atoms with E-state index in [1.807, 2.05) is 74.5 Å². The van der Waals surface area contributed by atoms with Gasteiger partial charge >= 0.3 is 6.03 Å². The second kappa shape index (κ2) is 22.0. The maximum absolute atomic E-state index is 14.0. The molecule has 0 aliphatic heterocycles. The second-order valence-electron chi connectivity index (χ2n) is 15.2. The molecule has 4 rings (SSSR count). The van der Waals surface area contributed by atoms with Crippen molar-refractivity contribution in [2.24, 2.45) is 11.7 Å². The Morgan fingerprint density at radius 1 is 0.705 bits per heavy atom. The Morgan fingerprint density at radius 2 is 1.30 bits per heavy atom. The molecule has 17 heteroatoms. The smallest absolute Gasteiger partial charge is 0.312 e. The first-order valence-corrected chi connectivity index (χ1v) is 22.0. The Kier molecular flexibility index (Phi) is 17.2. The summed E-state index contributed by atoms with van der Waals surface area (Å²) in [4.78, 5) is 65.4. The molecule has 0 aromatic heterocycles. The molecule has 0 radical (unpaired) electrons. The molecular formula is C44H55ClN8O7S. The fraction of sp³-hybridized carbons (Fsp3) is 0.341. The quantitative estimate of drug-likeness (QED) is 0.0682. The van der Waals surface area contributed by atoms with Crippen molar-refractivity contribution in [3.05, 3.63) is 135 Å². The van der Waals surface area contributed by atoms with Gasteiger partial charge in [0.15, 0.2) is 0 Å². The standard InChI is InChI=1S/C44H55ClN8O7S/c1-27(2)39(43(57)48-24-31-15-17-32(18-16-31)25-49-44(46)58)52-40(54)29(4)47-26-37(19-30-11-8-7-9-12-30)51-42(56)35-20-34(22-38(23-35)53(5)61(6,59)60)41(55)50-28(3)33-13-10-14-36(45)21-33/h7-18,20-23,27-29,37,39,47H,19,24-26H2,1-6H3,(H,48,57)(H,50,55)(H,51,56)(H,52,54)(H3,46,49,58)/t28-,29+,37+,39+/m1/s1. The summed E-state index contributed by atoms with van der Waals surface area (Å²) in [5.74, 6) is -2.14. The summed E-state index contributed by atoms with van der Waals surface area (Å²) < 4.78 is 26.2. The van der Waals surface area contributed by atoms with Crippen molar-refractivity contribution < 1.29 is 32.4 Å². The van der Waals surface area contributed by atoms with Crippen molar-refractivity contribution >= 4 is 57.0 Å². The Hall–Kier alpha value is -5.97. The van der Waals surface area contributed by atoms with Gasteiger partial charge in [-0.1, -0.05) is 92.2 Å². The molecule has 8 N–H and O–H groups in total. The molecule has 4 aromatic carbocycles. The molecule has 61 heavy (non-hydrogen) atoms. The van der Waals surface area contributed by atoms with Crippen LogP contribution in [0.5, 0.6) is 0 Å². The van der Waals surface area contributed by atoms with Crippen molar-refractivity contribution in [3.8, 4) is 0 Å². The van der Waals surface area contributed by atoms with Crippen LogP contribution < -0.4 is 41.9 Å². The van der Waals surface area contributed by atoms with Gasteiger partial charge in [-0.05, 0) is 78.8 Å². The number of nitrogens with two attached hydrogens (primary N) is 1. The predicted octanol–water partition coefficient (Wildman–Crippen LogP) is 4.17. The molecule has 0 bridgehead atoms. The minimum Gasteiger partial charge on any atom is -0.352 e. The van der Waals surface area contributed by atoms with E-state index in [0.717, 1.165) is 32.8 Å². The van der Waals surface area contributed by atoms with Gasteiger partial charge in [0.2, 0.25) is 21.8 Å². The second-order valence-corrected chi connectivity index (χ2v) is 17.7. The maximum atomic E-state index is 14.0. The highest BCUT2D eigenvalue weighted by Gasteiger charge is 2.27. The van der Waals surface area contributed by atoms with Crippen LogP contribution in [0.25, 0.3) is 0 Å². The lowest BCUT2D eigenvalue weighted by Gasteiger charge is -2.26. The highest BCUT2D eigenvalue weighted by molar-refractivity contribution is 7.92. The zero-order chi connectivity index (χ0) is 44.9. The number of benzene rings is 4. The van der Waals surface area contributed by atoms with E-state index in [0.29, 0.717) is 11.4 Å². The number of carbonyl (C=O) groups is 5. The van der Waals surface area contributed by atoms with Crippen molar-refractivity contribution in [2.75, 3.05) is 24.2 Å². The number of nitrogens with one attached hydrogen (secondary N) is 6. The van der Waals surface area contributed by atoms with Gasteiger partial charge in [0.25, 0.3) is 11.8 Å². The first kappa shape index (κ1) is 47.7. The molecular weight excluding hydrogens is 820 g/mol. The molecule has 4 aromatic rings. The van der Waals surface area contributed by atoms with Gasteiger partial charge in [0.1, 0.15) is 6.04 Å². The largest absolute Gasteiger partial charge is 0.352 e. The van der Waals surface area contributed by atoms with E-state index in [1.54, 1.807) is 32.0 Å². The average Bonchev–Trinajstić information content (AvgIpc) is 3.22. The lowest BCUT2D eigenvalue weighted by molar-refractivity contribution is -0.131. The van der Waals surface area contributed by atoms with E-state index in [9.17, 15) is 32.4 Å². The first-order valence-electron chi connectivity index (χ1n) is 19.7. The molecule has 0 saturated carbocycles. The number of rotatable bonds is 20. The number of amides is 6. The van der Waals surface area contributed by atoms with Crippen LogP contribution in [0.1, 0.15) is 76.7 Å². The summed E-state index contributed by atoms with van der Waals surface area (Å²) in [5.41, 5.74) is 8.67. The van der Waals surface area contributed by atoms with Gasteiger partial charge in [-0.15, -0.1) is 0 Å². The monoisotopic (exact) mass is 874 g/mol. The zero-order valence-electron chi connectivity index (χ0n) is 35.1. The van der Waals surface area contributed by atoms with Crippen LogP contribution >= 0.6 is 11.6 Å². The van der Waals surface area contributed by atoms with E-state index in [2.05, 4.69) is 31.9 Å². The molecule has 0 unspecified atom stereocenters. The molecule has 4 atom stereocenters. The Balaban J connectivity index is 1.47. The fourth-order valence-corrected chi connectivity index (χ4v) is 6.90. The minimum atomic E-state index is -3.77. The van der Waals surface area contributed by atoms with Crippen LogP contribution in [0.2, 0.25) is 5.02 Å². The number of halogens is 1. The number of carbonyl (C=O) groups excluding carboxylic acids is 5. The fourth-order valence-electron chi connectivity index (χ4n) is 6.22. The third kappa shape index (κ3) is 14.9. The molecule has 0 heterocycles. The highest BCUT2D eigenvalue weighted by atomic mass is 35.5. The summed E-state index contributed by atoms with van der Waals surface area (Å²) in [6.07, 6.45) is 1.38. The highest BCUT2D eigenvalue weighted by Crippen LogP contribution is 2.23. The minimum absolute atomic E-state index is 0.0410. The van der Waals surface area contributed by atoms with Crippen LogP contribution in [-0.4, -0.2) is 76.1 Å². The van der Waals surface area contributed by atoms with E-state index < -0.39 is 57.9 Å². The van der Waals surface area contributed by atoms with E-state index in [-0.39, 0.29) is 48.3 Å². The Labute approximate surface area is 362 Å². The first-order chi connectivity index (χ1) is 28.8. The summed E-state index contributed by atoms with van der Waals surface area (Å²) in [6, 6.07) is 24.6.